The van der Waals surface area contributed by atoms with E-state index in [4.69, 9.17) is 4.74 Å². The quantitative estimate of drug-likeness (QED) is 0.887. The molecule has 1 amide bonds. The molecule has 1 fully saturated rings. The number of nitrogens with one attached hydrogen (secondary N) is 2. The normalized spacial score (nSPS) is 16.8. The Balaban J connectivity index is 1.68. The van der Waals surface area contributed by atoms with Gasteiger partial charge in [0.15, 0.2) is 0 Å². The zero-order valence-corrected chi connectivity index (χ0v) is 14.1. The molecular formula is C19H23N3O2. The molecule has 2 N–H and O–H groups in total. The average molecular weight is 325 g/mol. The van der Waals surface area contributed by atoms with E-state index in [1.165, 1.54) is 0 Å². The fourth-order valence-corrected chi connectivity index (χ4v) is 2.93. The summed E-state index contributed by atoms with van der Waals surface area (Å²) in [5.41, 5.74) is 3.74. The lowest BCUT2D eigenvalue weighted by atomic mass is 10.0. The number of carbonyl (C=O) groups excluding carboxylic acids is 1. The molecule has 0 aliphatic carbocycles. The van der Waals surface area contributed by atoms with E-state index in [-0.39, 0.29) is 5.91 Å². The predicted octanol–water partition coefficient (Wildman–Crippen LogP) is 3.01. The monoisotopic (exact) mass is 325 g/mol. The second kappa shape index (κ2) is 7.45. The molecule has 2 heterocycles. The van der Waals surface area contributed by atoms with Crippen molar-refractivity contribution in [2.45, 2.75) is 25.9 Å². The summed E-state index contributed by atoms with van der Waals surface area (Å²) in [6, 6.07) is 9.84. The summed E-state index contributed by atoms with van der Waals surface area (Å²) in [6.45, 7) is 3.61. The number of hydrogen-bond donors (Lipinski definition) is 2. The molecule has 1 aromatic carbocycles. The van der Waals surface area contributed by atoms with Gasteiger partial charge in [0.25, 0.3) is 5.91 Å². The molecule has 0 spiro atoms. The first kappa shape index (κ1) is 16.5. The Morgan fingerprint density at radius 2 is 2.12 bits per heavy atom. The number of rotatable bonds is 5. The third-order valence-electron chi connectivity index (χ3n) is 4.33. The zero-order valence-electron chi connectivity index (χ0n) is 14.1. The minimum atomic E-state index is -0.0640. The number of nitrogens with zero attached hydrogens (tertiary/aromatic N) is 1. The van der Waals surface area contributed by atoms with Crippen molar-refractivity contribution in [3.63, 3.8) is 0 Å². The van der Waals surface area contributed by atoms with E-state index in [1.807, 2.05) is 43.5 Å². The Labute approximate surface area is 142 Å². The van der Waals surface area contributed by atoms with Crippen molar-refractivity contribution in [1.82, 2.24) is 10.3 Å². The molecule has 24 heavy (non-hydrogen) atoms. The molecule has 126 valence electrons. The van der Waals surface area contributed by atoms with Gasteiger partial charge in [-0.1, -0.05) is 12.1 Å². The minimum absolute atomic E-state index is 0.0640. The lowest BCUT2D eigenvalue weighted by Gasteiger charge is -2.12. The molecule has 3 rings (SSSR count). The van der Waals surface area contributed by atoms with Crippen molar-refractivity contribution < 1.29 is 9.53 Å². The lowest BCUT2D eigenvalue weighted by Crippen LogP contribution is -2.19. The van der Waals surface area contributed by atoms with Crippen LogP contribution in [0, 0.1) is 6.92 Å². The minimum Gasteiger partial charge on any atom is -0.376 e. The van der Waals surface area contributed by atoms with Crippen molar-refractivity contribution in [2.75, 3.05) is 25.5 Å². The Morgan fingerprint density at radius 1 is 1.29 bits per heavy atom. The number of hydrogen-bond acceptors (Lipinski definition) is 4. The van der Waals surface area contributed by atoms with Gasteiger partial charge in [-0.05, 0) is 49.1 Å². The molecule has 5 heteroatoms. The van der Waals surface area contributed by atoms with Gasteiger partial charge in [0, 0.05) is 37.5 Å². The van der Waals surface area contributed by atoms with Crippen molar-refractivity contribution >= 4 is 11.7 Å². The topological polar surface area (TPSA) is 63.2 Å². The van der Waals surface area contributed by atoms with Crippen molar-refractivity contribution in [1.29, 1.82) is 0 Å². The summed E-state index contributed by atoms with van der Waals surface area (Å²) in [4.78, 5) is 16.2. The number of carbonyl (C=O) groups is 1. The van der Waals surface area contributed by atoms with Crippen molar-refractivity contribution in [3.05, 3.63) is 47.7 Å². The van der Waals surface area contributed by atoms with E-state index >= 15 is 0 Å². The van der Waals surface area contributed by atoms with Crippen LogP contribution in [0.1, 0.15) is 28.8 Å². The van der Waals surface area contributed by atoms with Crippen LogP contribution < -0.4 is 10.6 Å². The van der Waals surface area contributed by atoms with Crippen LogP contribution in [0.25, 0.3) is 11.1 Å². The summed E-state index contributed by atoms with van der Waals surface area (Å²) in [5, 5.41) is 5.98. The van der Waals surface area contributed by atoms with Crippen LogP contribution >= 0.6 is 0 Å². The van der Waals surface area contributed by atoms with E-state index in [9.17, 15) is 4.79 Å². The molecule has 5 nitrogen and oxygen atoms in total. The number of aromatic nitrogens is 1. The van der Waals surface area contributed by atoms with Gasteiger partial charge in [-0.3, -0.25) is 4.79 Å². The van der Waals surface area contributed by atoms with Gasteiger partial charge in [-0.2, -0.15) is 0 Å². The van der Waals surface area contributed by atoms with Crippen LogP contribution in [0.5, 0.6) is 0 Å². The first-order chi connectivity index (χ1) is 11.7. The smallest absolute Gasteiger partial charge is 0.251 e. The maximum atomic E-state index is 11.8. The molecule has 0 bridgehead atoms. The summed E-state index contributed by atoms with van der Waals surface area (Å²) >= 11 is 0. The number of pyridine rings is 1. The first-order valence-electron chi connectivity index (χ1n) is 8.32. The second-order valence-electron chi connectivity index (χ2n) is 6.06. The highest BCUT2D eigenvalue weighted by atomic mass is 16.5. The van der Waals surface area contributed by atoms with Crippen molar-refractivity contribution in [2.24, 2.45) is 0 Å². The Morgan fingerprint density at radius 3 is 2.75 bits per heavy atom. The summed E-state index contributed by atoms with van der Waals surface area (Å²) in [7, 11) is 1.64. The van der Waals surface area contributed by atoms with Crippen LogP contribution in [-0.2, 0) is 4.74 Å². The third-order valence-corrected chi connectivity index (χ3v) is 4.33. The maximum Gasteiger partial charge on any atom is 0.251 e. The van der Waals surface area contributed by atoms with Crippen LogP contribution in [-0.4, -0.2) is 37.2 Å². The van der Waals surface area contributed by atoms with Gasteiger partial charge in [-0.15, -0.1) is 0 Å². The third kappa shape index (κ3) is 3.74. The van der Waals surface area contributed by atoms with Crippen LogP contribution in [0.15, 0.2) is 36.5 Å². The van der Waals surface area contributed by atoms with Gasteiger partial charge in [0.2, 0.25) is 0 Å². The highest BCUT2D eigenvalue weighted by Crippen LogP contribution is 2.23. The van der Waals surface area contributed by atoms with Gasteiger partial charge < -0.3 is 15.4 Å². The number of ether oxygens (including phenoxy) is 1. The molecule has 1 atom stereocenters. The van der Waals surface area contributed by atoms with Crippen LogP contribution in [0.4, 0.5) is 5.82 Å². The van der Waals surface area contributed by atoms with Crippen LogP contribution in [0.3, 0.4) is 0 Å². The van der Waals surface area contributed by atoms with E-state index in [1.54, 1.807) is 7.05 Å². The zero-order chi connectivity index (χ0) is 16.9. The molecule has 1 aromatic heterocycles. The van der Waals surface area contributed by atoms with Crippen molar-refractivity contribution in [3.8, 4) is 11.1 Å². The molecular weight excluding hydrogens is 302 g/mol. The van der Waals surface area contributed by atoms with Gasteiger partial charge in [0.05, 0.1) is 6.10 Å². The molecule has 1 aliphatic heterocycles. The summed E-state index contributed by atoms with van der Waals surface area (Å²) < 4.78 is 5.60. The lowest BCUT2D eigenvalue weighted by molar-refractivity contribution is 0.0962. The van der Waals surface area contributed by atoms with Gasteiger partial charge >= 0.3 is 0 Å². The number of amides is 1. The number of aryl methyl sites for hydroxylation is 1. The van der Waals surface area contributed by atoms with Gasteiger partial charge in [0.1, 0.15) is 5.82 Å². The molecule has 0 radical (unpaired) electrons. The summed E-state index contributed by atoms with van der Waals surface area (Å²) in [6.07, 6.45) is 4.41. The molecule has 2 aromatic rings. The molecule has 0 saturated carbocycles. The molecule has 1 unspecified atom stereocenters. The maximum absolute atomic E-state index is 11.8. The molecule has 1 aliphatic rings. The Bertz CT molecular complexity index is 707. The van der Waals surface area contributed by atoms with E-state index in [0.717, 1.165) is 48.5 Å². The fraction of sp³-hybridized carbons (Fsp3) is 0.368. The summed E-state index contributed by atoms with van der Waals surface area (Å²) in [5.74, 6) is 0.791. The highest BCUT2D eigenvalue weighted by molar-refractivity contribution is 5.96. The van der Waals surface area contributed by atoms with E-state index < -0.39 is 0 Å². The number of benzene rings is 1. The largest absolute Gasteiger partial charge is 0.376 e. The molecule has 1 saturated heterocycles. The fourth-order valence-electron chi connectivity index (χ4n) is 2.93. The van der Waals surface area contributed by atoms with Gasteiger partial charge in [-0.25, -0.2) is 4.98 Å². The van der Waals surface area contributed by atoms with E-state index in [2.05, 4.69) is 15.6 Å². The van der Waals surface area contributed by atoms with E-state index in [0.29, 0.717) is 11.7 Å². The first-order valence-corrected chi connectivity index (χ1v) is 8.32. The number of anilines is 1. The second-order valence-corrected chi connectivity index (χ2v) is 6.06. The average Bonchev–Trinajstić information content (AvgIpc) is 3.13. The standard InChI is InChI=1S/C19H23N3O2/c1-13-10-14(5-7-17(13)19(23)20-2)15-6-8-18(21-11-15)22-12-16-4-3-9-24-16/h5-8,10-11,16H,3-4,9,12H2,1-2H3,(H,20,23)(H,21,22). The Kier molecular flexibility index (Phi) is 5.11. The predicted molar refractivity (Wildman–Crippen MR) is 95.3 cm³/mol. The van der Waals surface area contributed by atoms with Crippen LogP contribution in [0.2, 0.25) is 0 Å². The Hall–Kier alpha value is -2.40. The highest BCUT2D eigenvalue weighted by Gasteiger charge is 2.15. The SMILES string of the molecule is CNC(=O)c1ccc(-c2ccc(NCC3CCCO3)nc2)cc1C.